The lowest BCUT2D eigenvalue weighted by Crippen LogP contribution is -2.06. The van der Waals surface area contributed by atoms with Crippen LogP contribution in [0.15, 0.2) is 36.4 Å². The molecule has 0 amide bonds. The van der Waals surface area contributed by atoms with E-state index in [1.807, 2.05) is 6.07 Å². The first-order chi connectivity index (χ1) is 11.0. The Morgan fingerprint density at radius 2 is 2.00 bits per heavy atom. The molecule has 2 rings (SSSR count). The molecule has 0 spiro atoms. The topological polar surface area (TPSA) is 79.5 Å². The number of carbonyl (C=O) groups is 1. The second-order valence-electron chi connectivity index (χ2n) is 4.62. The summed E-state index contributed by atoms with van der Waals surface area (Å²) in [5.74, 6) is -0.667. The van der Waals surface area contributed by atoms with E-state index in [1.165, 1.54) is 12.1 Å². The van der Waals surface area contributed by atoms with Gasteiger partial charge in [0.1, 0.15) is 6.61 Å². The van der Waals surface area contributed by atoms with Gasteiger partial charge in [-0.25, -0.2) is 4.79 Å². The van der Waals surface area contributed by atoms with Crippen molar-refractivity contribution < 1.29 is 19.4 Å². The zero-order valence-electron chi connectivity index (χ0n) is 12.4. The number of phenols is 1. The Morgan fingerprint density at radius 3 is 2.61 bits per heavy atom. The minimum Gasteiger partial charge on any atom is -0.503 e. The third-order valence-electron chi connectivity index (χ3n) is 3.02. The van der Waals surface area contributed by atoms with Crippen LogP contribution < -0.4 is 4.74 Å². The first kappa shape index (κ1) is 16.7. The molecule has 0 aliphatic heterocycles. The van der Waals surface area contributed by atoms with Crippen molar-refractivity contribution in [3.63, 3.8) is 0 Å². The lowest BCUT2D eigenvalue weighted by molar-refractivity contribution is 0.0472. The SMILES string of the molecule is CCOc1cc(C(=O)OCc2ccc(C#N)cc2)cc(Cl)c1O. The van der Waals surface area contributed by atoms with Crippen molar-refractivity contribution in [3.05, 3.63) is 58.1 Å². The van der Waals surface area contributed by atoms with Crippen molar-refractivity contribution in [3.8, 4) is 17.6 Å². The third kappa shape index (κ3) is 4.15. The molecule has 0 saturated heterocycles. The van der Waals surface area contributed by atoms with Crippen LogP contribution in [0.25, 0.3) is 0 Å². The molecule has 23 heavy (non-hydrogen) atoms. The predicted octanol–water partition coefficient (Wildman–Crippen LogP) is 3.67. The Balaban J connectivity index is 2.09. The monoisotopic (exact) mass is 331 g/mol. The van der Waals surface area contributed by atoms with Crippen LogP contribution in [0.4, 0.5) is 0 Å². The minimum atomic E-state index is -0.586. The van der Waals surface area contributed by atoms with E-state index >= 15 is 0 Å². The Kier molecular flexibility index (Phi) is 5.45. The fraction of sp³-hybridized carbons (Fsp3) is 0.176. The minimum absolute atomic E-state index is 0.0151. The Morgan fingerprint density at radius 1 is 1.30 bits per heavy atom. The summed E-state index contributed by atoms with van der Waals surface area (Å²) >= 11 is 5.88. The molecule has 5 nitrogen and oxygen atoms in total. The van der Waals surface area contributed by atoms with Crippen molar-refractivity contribution in [2.24, 2.45) is 0 Å². The number of esters is 1. The molecule has 0 bridgehead atoms. The lowest BCUT2D eigenvalue weighted by Gasteiger charge is -2.10. The Labute approximate surface area is 138 Å². The number of aromatic hydroxyl groups is 1. The maximum Gasteiger partial charge on any atom is 0.338 e. The Bertz CT molecular complexity index is 750. The number of ether oxygens (including phenoxy) is 2. The summed E-state index contributed by atoms with van der Waals surface area (Å²) in [7, 11) is 0. The molecule has 0 saturated carbocycles. The maximum atomic E-state index is 12.1. The summed E-state index contributed by atoms with van der Waals surface area (Å²) in [4.78, 5) is 12.1. The van der Waals surface area contributed by atoms with Crippen LogP contribution in [0.3, 0.4) is 0 Å². The van der Waals surface area contributed by atoms with Gasteiger partial charge in [-0.3, -0.25) is 0 Å². The summed E-state index contributed by atoms with van der Waals surface area (Å²) in [5, 5.41) is 18.5. The van der Waals surface area contributed by atoms with Crippen LogP contribution in [-0.2, 0) is 11.3 Å². The van der Waals surface area contributed by atoms with Crippen LogP contribution in [0, 0.1) is 11.3 Å². The summed E-state index contributed by atoms with van der Waals surface area (Å²) < 4.78 is 10.4. The molecular weight excluding hydrogens is 318 g/mol. The molecule has 0 atom stereocenters. The van der Waals surface area contributed by atoms with Gasteiger partial charge in [-0.15, -0.1) is 0 Å². The zero-order valence-corrected chi connectivity index (χ0v) is 13.1. The average Bonchev–Trinajstić information content (AvgIpc) is 2.57. The number of hydrogen-bond donors (Lipinski definition) is 1. The van der Waals surface area contributed by atoms with E-state index in [9.17, 15) is 9.90 Å². The largest absolute Gasteiger partial charge is 0.503 e. The standard InChI is InChI=1S/C17H14ClNO4/c1-2-22-15-8-13(7-14(18)16(15)20)17(21)23-10-12-5-3-11(9-19)4-6-12/h3-8,20H,2,10H2,1H3. The van der Waals surface area contributed by atoms with Crippen LogP contribution >= 0.6 is 11.6 Å². The molecule has 2 aromatic carbocycles. The van der Waals surface area contributed by atoms with Crippen molar-refractivity contribution in [1.82, 2.24) is 0 Å². The third-order valence-corrected chi connectivity index (χ3v) is 3.31. The normalized spacial score (nSPS) is 9.96. The molecule has 0 unspecified atom stereocenters. The van der Waals surface area contributed by atoms with Gasteiger partial charge in [-0.05, 0) is 36.8 Å². The molecule has 0 aliphatic carbocycles. The molecule has 6 heteroatoms. The van der Waals surface area contributed by atoms with Crippen LogP contribution in [0.5, 0.6) is 11.5 Å². The molecule has 2 aromatic rings. The number of phenolic OH excluding ortho intramolecular Hbond substituents is 1. The fourth-order valence-electron chi connectivity index (χ4n) is 1.86. The number of rotatable bonds is 5. The molecule has 1 N–H and O–H groups in total. The molecular formula is C17H14ClNO4. The van der Waals surface area contributed by atoms with Crippen LogP contribution in [-0.4, -0.2) is 17.7 Å². The van der Waals surface area contributed by atoms with Gasteiger partial charge >= 0.3 is 5.97 Å². The van der Waals surface area contributed by atoms with Crippen molar-refractivity contribution >= 4 is 17.6 Å². The average molecular weight is 332 g/mol. The molecule has 0 aliphatic rings. The molecule has 0 fully saturated rings. The Hall–Kier alpha value is -2.71. The number of nitrogens with zero attached hydrogens (tertiary/aromatic N) is 1. The van der Waals surface area contributed by atoms with E-state index in [0.717, 1.165) is 5.56 Å². The highest BCUT2D eigenvalue weighted by molar-refractivity contribution is 6.32. The van der Waals surface area contributed by atoms with Crippen molar-refractivity contribution in [2.75, 3.05) is 6.61 Å². The summed E-state index contributed by atoms with van der Waals surface area (Å²) in [6.45, 7) is 2.14. The van der Waals surface area contributed by atoms with Gasteiger partial charge in [-0.2, -0.15) is 5.26 Å². The van der Waals surface area contributed by atoms with Gasteiger partial charge < -0.3 is 14.6 Å². The van der Waals surface area contributed by atoms with E-state index < -0.39 is 5.97 Å². The van der Waals surface area contributed by atoms with E-state index in [0.29, 0.717) is 12.2 Å². The second kappa shape index (κ2) is 7.52. The number of carbonyl (C=O) groups excluding carboxylic acids is 1. The van der Waals surface area contributed by atoms with Crippen molar-refractivity contribution in [2.45, 2.75) is 13.5 Å². The summed E-state index contributed by atoms with van der Waals surface area (Å²) in [5.41, 5.74) is 1.48. The first-order valence-corrected chi connectivity index (χ1v) is 7.24. The highest BCUT2D eigenvalue weighted by Crippen LogP contribution is 2.35. The second-order valence-corrected chi connectivity index (χ2v) is 5.03. The van der Waals surface area contributed by atoms with Gasteiger partial charge in [0.05, 0.1) is 28.8 Å². The predicted molar refractivity (Wildman–Crippen MR) is 84.6 cm³/mol. The van der Waals surface area contributed by atoms with E-state index in [1.54, 1.807) is 31.2 Å². The molecule has 0 aromatic heterocycles. The van der Waals surface area contributed by atoms with E-state index in [-0.39, 0.29) is 28.7 Å². The van der Waals surface area contributed by atoms with Gasteiger partial charge in [0.2, 0.25) is 0 Å². The quantitative estimate of drug-likeness (QED) is 0.845. The number of hydrogen-bond acceptors (Lipinski definition) is 5. The summed E-state index contributed by atoms with van der Waals surface area (Å²) in [6.07, 6.45) is 0. The number of benzene rings is 2. The zero-order chi connectivity index (χ0) is 16.8. The smallest absolute Gasteiger partial charge is 0.338 e. The van der Waals surface area contributed by atoms with Gasteiger partial charge in [-0.1, -0.05) is 23.7 Å². The number of nitriles is 1. The fourth-order valence-corrected chi connectivity index (χ4v) is 2.08. The highest BCUT2D eigenvalue weighted by Gasteiger charge is 2.15. The highest BCUT2D eigenvalue weighted by atomic mass is 35.5. The van der Waals surface area contributed by atoms with Crippen LogP contribution in [0.2, 0.25) is 5.02 Å². The van der Waals surface area contributed by atoms with Crippen LogP contribution in [0.1, 0.15) is 28.4 Å². The van der Waals surface area contributed by atoms with Gasteiger partial charge in [0, 0.05) is 0 Å². The lowest BCUT2D eigenvalue weighted by atomic mass is 10.1. The van der Waals surface area contributed by atoms with E-state index in [2.05, 4.69) is 0 Å². The summed E-state index contributed by atoms with van der Waals surface area (Å²) in [6, 6.07) is 11.4. The van der Waals surface area contributed by atoms with Crippen molar-refractivity contribution in [1.29, 1.82) is 5.26 Å². The van der Waals surface area contributed by atoms with Gasteiger partial charge in [0.15, 0.2) is 11.5 Å². The van der Waals surface area contributed by atoms with Gasteiger partial charge in [0.25, 0.3) is 0 Å². The molecule has 0 heterocycles. The number of halogens is 1. The van der Waals surface area contributed by atoms with E-state index in [4.69, 9.17) is 26.3 Å². The maximum absolute atomic E-state index is 12.1. The first-order valence-electron chi connectivity index (χ1n) is 6.86. The molecule has 118 valence electrons. The molecule has 0 radical (unpaired) electrons.